The van der Waals surface area contributed by atoms with Crippen molar-refractivity contribution in [3.8, 4) is 0 Å². The van der Waals surface area contributed by atoms with Gasteiger partial charge < -0.3 is 5.32 Å². The van der Waals surface area contributed by atoms with E-state index in [0.29, 0.717) is 22.7 Å². The number of nitrogens with one attached hydrogen (secondary N) is 1. The lowest BCUT2D eigenvalue weighted by atomic mass is 9.98. The largest absolute Gasteiger partial charge is 0.322 e. The lowest BCUT2D eigenvalue weighted by Gasteiger charge is -2.10. The molecule has 0 saturated carbocycles. The number of carbonyl (C=O) groups is 1. The summed E-state index contributed by atoms with van der Waals surface area (Å²) in [7, 11) is 0. The zero-order valence-electron chi connectivity index (χ0n) is 13.5. The van der Waals surface area contributed by atoms with Crippen molar-refractivity contribution in [3.05, 3.63) is 69.3 Å². The van der Waals surface area contributed by atoms with E-state index in [1.54, 1.807) is 6.92 Å². The number of amides is 1. The Morgan fingerprint density at radius 1 is 1.22 bits per heavy atom. The molecule has 0 heterocycles. The summed E-state index contributed by atoms with van der Waals surface area (Å²) in [6, 6.07) is 12.1. The molecule has 5 heteroatoms. The molecular formula is C18H20N2O3. The first kappa shape index (κ1) is 16.7. The summed E-state index contributed by atoms with van der Waals surface area (Å²) in [6.45, 7) is 5.92. The maximum absolute atomic E-state index is 12.2. The molecule has 1 N–H and O–H groups in total. The average molecular weight is 312 g/mol. The van der Waals surface area contributed by atoms with Crippen molar-refractivity contribution < 1.29 is 9.72 Å². The zero-order valence-corrected chi connectivity index (χ0v) is 13.5. The van der Waals surface area contributed by atoms with Crippen LogP contribution in [0.3, 0.4) is 0 Å². The maximum Gasteiger partial charge on any atom is 0.272 e. The van der Waals surface area contributed by atoms with Crippen LogP contribution in [0, 0.1) is 17.0 Å². The van der Waals surface area contributed by atoms with Crippen LogP contribution < -0.4 is 5.32 Å². The van der Waals surface area contributed by atoms with E-state index < -0.39 is 4.92 Å². The minimum Gasteiger partial charge on any atom is -0.322 e. The number of aryl methyl sites for hydroxylation is 1. The average Bonchev–Trinajstić information content (AvgIpc) is 2.54. The van der Waals surface area contributed by atoms with Crippen LogP contribution in [0.1, 0.15) is 47.7 Å². The van der Waals surface area contributed by atoms with Gasteiger partial charge in [-0.3, -0.25) is 14.9 Å². The molecule has 0 saturated heterocycles. The third-order valence-corrected chi connectivity index (χ3v) is 4.01. The minimum atomic E-state index is -0.454. The highest BCUT2D eigenvalue weighted by atomic mass is 16.6. The fourth-order valence-electron chi connectivity index (χ4n) is 2.34. The quantitative estimate of drug-likeness (QED) is 0.644. The lowest BCUT2D eigenvalue weighted by molar-refractivity contribution is -0.385. The minimum absolute atomic E-state index is 0.0134. The number of anilines is 1. The van der Waals surface area contributed by atoms with Gasteiger partial charge >= 0.3 is 0 Å². The predicted octanol–water partition coefficient (Wildman–Crippen LogP) is 4.67. The standard InChI is InChI=1S/C18H20N2O3/c1-4-12(2)14-5-8-16(9-6-14)19-18(21)15-7-10-17(20(22)23)13(3)11-15/h5-12H,4H2,1-3H3,(H,19,21). The van der Waals surface area contributed by atoms with Crippen molar-refractivity contribution in [2.45, 2.75) is 33.1 Å². The van der Waals surface area contributed by atoms with Crippen LogP contribution >= 0.6 is 0 Å². The Kier molecular flexibility index (Phi) is 5.11. The second kappa shape index (κ2) is 7.05. The van der Waals surface area contributed by atoms with E-state index in [9.17, 15) is 14.9 Å². The summed E-state index contributed by atoms with van der Waals surface area (Å²) in [6.07, 6.45) is 1.06. The molecular weight excluding hydrogens is 292 g/mol. The summed E-state index contributed by atoms with van der Waals surface area (Å²) >= 11 is 0. The van der Waals surface area contributed by atoms with Gasteiger partial charge in [0.25, 0.3) is 11.6 Å². The molecule has 0 bridgehead atoms. The fourth-order valence-corrected chi connectivity index (χ4v) is 2.34. The van der Waals surface area contributed by atoms with E-state index >= 15 is 0 Å². The van der Waals surface area contributed by atoms with Gasteiger partial charge in [-0.15, -0.1) is 0 Å². The molecule has 5 nitrogen and oxygen atoms in total. The smallest absolute Gasteiger partial charge is 0.272 e. The molecule has 0 fully saturated rings. The Balaban J connectivity index is 2.13. The molecule has 2 aromatic rings. The molecule has 120 valence electrons. The zero-order chi connectivity index (χ0) is 17.0. The highest BCUT2D eigenvalue weighted by Gasteiger charge is 2.14. The van der Waals surface area contributed by atoms with Gasteiger partial charge in [0.05, 0.1) is 4.92 Å². The molecule has 1 unspecified atom stereocenters. The fraction of sp³-hybridized carbons (Fsp3) is 0.278. The molecule has 0 aromatic heterocycles. The molecule has 0 aliphatic carbocycles. The van der Waals surface area contributed by atoms with Gasteiger partial charge in [-0.05, 0) is 49.1 Å². The van der Waals surface area contributed by atoms with Crippen molar-refractivity contribution in [2.24, 2.45) is 0 Å². The Morgan fingerprint density at radius 2 is 1.87 bits per heavy atom. The molecule has 1 atom stereocenters. The van der Waals surface area contributed by atoms with Crippen LogP contribution in [0.5, 0.6) is 0 Å². The first-order chi connectivity index (χ1) is 10.9. The van der Waals surface area contributed by atoms with Crippen molar-refractivity contribution in [3.63, 3.8) is 0 Å². The van der Waals surface area contributed by atoms with Crippen LogP contribution in [-0.4, -0.2) is 10.8 Å². The van der Waals surface area contributed by atoms with Crippen LogP contribution in [0.25, 0.3) is 0 Å². The summed E-state index contributed by atoms with van der Waals surface area (Å²) in [5.74, 6) is 0.205. The Hall–Kier alpha value is -2.69. The number of benzene rings is 2. The number of rotatable bonds is 5. The van der Waals surface area contributed by atoms with Gasteiger partial charge in [0.15, 0.2) is 0 Å². The van der Waals surface area contributed by atoms with Crippen LogP contribution in [0.4, 0.5) is 11.4 Å². The number of hydrogen-bond donors (Lipinski definition) is 1. The topological polar surface area (TPSA) is 72.2 Å². The monoisotopic (exact) mass is 312 g/mol. The molecule has 0 radical (unpaired) electrons. The first-order valence-electron chi connectivity index (χ1n) is 7.58. The van der Waals surface area contributed by atoms with E-state index in [1.807, 2.05) is 24.3 Å². The van der Waals surface area contributed by atoms with Gasteiger partial charge in [0.1, 0.15) is 0 Å². The molecule has 0 spiro atoms. The molecule has 2 aromatic carbocycles. The number of carbonyl (C=O) groups excluding carboxylic acids is 1. The van der Waals surface area contributed by atoms with Crippen molar-refractivity contribution >= 4 is 17.3 Å². The number of nitro benzene ring substituents is 1. The van der Waals surface area contributed by atoms with Gasteiger partial charge in [-0.2, -0.15) is 0 Å². The normalized spacial score (nSPS) is 11.8. The van der Waals surface area contributed by atoms with E-state index in [1.165, 1.54) is 23.8 Å². The molecule has 0 aliphatic rings. The van der Waals surface area contributed by atoms with Crippen molar-refractivity contribution in [2.75, 3.05) is 5.32 Å². The summed E-state index contributed by atoms with van der Waals surface area (Å²) in [4.78, 5) is 22.6. The van der Waals surface area contributed by atoms with E-state index in [4.69, 9.17) is 0 Å². The third-order valence-electron chi connectivity index (χ3n) is 4.01. The number of nitrogens with zero attached hydrogens (tertiary/aromatic N) is 1. The summed E-state index contributed by atoms with van der Waals surface area (Å²) in [5, 5.41) is 13.6. The van der Waals surface area contributed by atoms with Crippen molar-refractivity contribution in [1.82, 2.24) is 0 Å². The summed E-state index contributed by atoms with van der Waals surface area (Å²) in [5.41, 5.74) is 2.82. The Morgan fingerprint density at radius 3 is 2.39 bits per heavy atom. The number of hydrogen-bond acceptors (Lipinski definition) is 3. The van der Waals surface area contributed by atoms with Gasteiger partial charge in [-0.1, -0.05) is 26.0 Å². The Labute approximate surface area is 135 Å². The molecule has 1 amide bonds. The second-order valence-electron chi connectivity index (χ2n) is 5.64. The SMILES string of the molecule is CCC(C)c1ccc(NC(=O)c2ccc([N+](=O)[O-])c(C)c2)cc1. The highest BCUT2D eigenvalue weighted by Crippen LogP contribution is 2.22. The molecule has 0 aliphatic heterocycles. The van der Waals surface area contributed by atoms with E-state index in [0.717, 1.165) is 6.42 Å². The molecule has 2 rings (SSSR count). The van der Waals surface area contributed by atoms with Crippen LogP contribution in [0.15, 0.2) is 42.5 Å². The molecule has 23 heavy (non-hydrogen) atoms. The van der Waals surface area contributed by atoms with Gasteiger partial charge in [0.2, 0.25) is 0 Å². The van der Waals surface area contributed by atoms with Crippen LogP contribution in [-0.2, 0) is 0 Å². The highest BCUT2D eigenvalue weighted by molar-refractivity contribution is 6.04. The second-order valence-corrected chi connectivity index (χ2v) is 5.64. The third kappa shape index (κ3) is 3.94. The van der Waals surface area contributed by atoms with E-state index in [-0.39, 0.29) is 11.6 Å². The van der Waals surface area contributed by atoms with Gasteiger partial charge in [-0.25, -0.2) is 0 Å². The summed E-state index contributed by atoms with van der Waals surface area (Å²) < 4.78 is 0. The lowest BCUT2D eigenvalue weighted by Crippen LogP contribution is -2.12. The Bertz CT molecular complexity index is 724. The van der Waals surface area contributed by atoms with E-state index in [2.05, 4.69) is 19.2 Å². The van der Waals surface area contributed by atoms with Gasteiger partial charge in [0, 0.05) is 22.9 Å². The number of nitro groups is 1. The van der Waals surface area contributed by atoms with Crippen LogP contribution in [0.2, 0.25) is 0 Å². The maximum atomic E-state index is 12.2. The predicted molar refractivity (Wildman–Crippen MR) is 90.9 cm³/mol. The first-order valence-corrected chi connectivity index (χ1v) is 7.58. The van der Waals surface area contributed by atoms with Crippen molar-refractivity contribution in [1.29, 1.82) is 0 Å².